The molecule has 0 radical (unpaired) electrons. The Labute approximate surface area is 109 Å². The Morgan fingerprint density at radius 3 is 2.94 bits per heavy atom. The van der Waals surface area contributed by atoms with Crippen molar-refractivity contribution in [3.63, 3.8) is 0 Å². The van der Waals surface area contributed by atoms with Gasteiger partial charge in [0.15, 0.2) is 0 Å². The number of aromatic nitrogens is 2. The van der Waals surface area contributed by atoms with Gasteiger partial charge in [-0.3, -0.25) is 0 Å². The summed E-state index contributed by atoms with van der Waals surface area (Å²) in [7, 11) is 1.69. The van der Waals surface area contributed by atoms with Gasteiger partial charge in [-0.15, -0.1) is 0 Å². The summed E-state index contributed by atoms with van der Waals surface area (Å²) in [4.78, 5) is 4.35. The number of nitrogens with zero attached hydrogens (tertiary/aromatic N) is 2. The van der Waals surface area contributed by atoms with Gasteiger partial charge in [0, 0.05) is 33.0 Å². The van der Waals surface area contributed by atoms with E-state index in [1.807, 2.05) is 6.33 Å². The first-order valence-electron chi connectivity index (χ1n) is 6.65. The highest BCUT2D eigenvalue weighted by molar-refractivity contribution is 4.95. The molecule has 1 aromatic heterocycles. The minimum atomic E-state index is 0.676. The normalized spacial score (nSPS) is 11.0. The van der Waals surface area contributed by atoms with E-state index in [-0.39, 0.29) is 0 Å². The summed E-state index contributed by atoms with van der Waals surface area (Å²) in [6.07, 6.45) is 6.20. The van der Waals surface area contributed by atoms with Crippen LogP contribution in [0.4, 0.5) is 0 Å². The lowest BCUT2D eigenvalue weighted by Gasteiger charge is -2.04. The van der Waals surface area contributed by atoms with E-state index >= 15 is 0 Å². The number of hydrogen-bond donors (Lipinski definition) is 1. The first kappa shape index (κ1) is 15.1. The Balaban J connectivity index is 2.03. The molecule has 5 heteroatoms. The zero-order chi connectivity index (χ0) is 13.1. The second-order valence-corrected chi connectivity index (χ2v) is 4.20. The van der Waals surface area contributed by atoms with Crippen molar-refractivity contribution in [2.24, 2.45) is 0 Å². The minimum Gasteiger partial charge on any atom is -0.382 e. The highest BCUT2D eigenvalue weighted by Gasteiger charge is 1.98. The van der Waals surface area contributed by atoms with Crippen molar-refractivity contribution >= 4 is 0 Å². The molecule has 0 saturated carbocycles. The van der Waals surface area contributed by atoms with Crippen molar-refractivity contribution in [1.29, 1.82) is 0 Å². The van der Waals surface area contributed by atoms with Gasteiger partial charge < -0.3 is 19.4 Å². The molecule has 0 fully saturated rings. The van der Waals surface area contributed by atoms with Crippen molar-refractivity contribution in [3.8, 4) is 0 Å². The van der Waals surface area contributed by atoms with Crippen LogP contribution in [-0.4, -0.2) is 43.0 Å². The standard InChI is InChI=1S/C13H25N3O2/c1-3-14-10-13-11-16(12-15-13)6-4-5-7-18-9-8-17-2/h11-12,14H,3-10H2,1-2H3. The van der Waals surface area contributed by atoms with Gasteiger partial charge >= 0.3 is 0 Å². The summed E-state index contributed by atoms with van der Waals surface area (Å²) >= 11 is 0. The van der Waals surface area contributed by atoms with Crippen molar-refractivity contribution < 1.29 is 9.47 Å². The molecule has 0 saturated heterocycles. The zero-order valence-electron chi connectivity index (χ0n) is 11.5. The second-order valence-electron chi connectivity index (χ2n) is 4.20. The van der Waals surface area contributed by atoms with Crippen molar-refractivity contribution in [2.45, 2.75) is 32.9 Å². The van der Waals surface area contributed by atoms with E-state index in [2.05, 4.69) is 28.0 Å². The van der Waals surface area contributed by atoms with E-state index in [0.29, 0.717) is 13.2 Å². The average Bonchev–Trinajstić information content (AvgIpc) is 2.83. The van der Waals surface area contributed by atoms with Crippen LogP contribution in [0.2, 0.25) is 0 Å². The molecule has 104 valence electrons. The fourth-order valence-corrected chi connectivity index (χ4v) is 1.62. The fraction of sp³-hybridized carbons (Fsp3) is 0.769. The molecule has 18 heavy (non-hydrogen) atoms. The minimum absolute atomic E-state index is 0.676. The zero-order valence-corrected chi connectivity index (χ0v) is 11.5. The Hall–Kier alpha value is -0.910. The van der Waals surface area contributed by atoms with Gasteiger partial charge in [-0.1, -0.05) is 6.92 Å². The molecule has 1 N–H and O–H groups in total. The van der Waals surface area contributed by atoms with Crippen molar-refractivity contribution in [1.82, 2.24) is 14.9 Å². The van der Waals surface area contributed by atoms with Crippen LogP contribution in [0.1, 0.15) is 25.5 Å². The molecule has 1 heterocycles. The Morgan fingerprint density at radius 1 is 1.28 bits per heavy atom. The van der Waals surface area contributed by atoms with Crippen molar-refractivity contribution in [2.75, 3.05) is 33.5 Å². The molecule has 0 unspecified atom stereocenters. The van der Waals surface area contributed by atoms with E-state index in [1.54, 1.807) is 7.11 Å². The second kappa shape index (κ2) is 10.1. The molecule has 0 bridgehead atoms. The highest BCUT2D eigenvalue weighted by atomic mass is 16.5. The lowest BCUT2D eigenvalue weighted by molar-refractivity contribution is 0.0684. The van der Waals surface area contributed by atoms with Gasteiger partial charge in [0.1, 0.15) is 0 Å². The van der Waals surface area contributed by atoms with Crippen molar-refractivity contribution in [3.05, 3.63) is 18.2 Å². The topological polar surface area (TPSA) is 48.3 Å². The van der Waals surface area contributed by atoms with E-state index in [0.717, 1.165) is 44.8 Å². The van der Waals surface area contributed by atoms with Crippen LogP contribution in [0, 0.1) is 0 Å². The van der Waals surface area contributed by atoms with Crippen LogP contribution in [0.15, 0.2) is 12.5 Å². The van der Waals surface area contributed by atoms with E-state index in [1.165, 1.54) is 0 Å². The fourth-order valence-electron chi connectivity index (χ4n) is 1.62. The number of unbranched alkanes of at least 4 members (excludes halogenated alkanes) is 1. The Bertz CT molecular complexity index is 302. The maximum absolute atomic E-state index is 5.41. The summed E-state index contributed by atoms with van der Waals surface area (Å²) in [6, 6.07) is 0. The highest BCUT2D eigenvalue weighted by Crippen LogP contribution is 2.00. The number of methoxy groups -OCH3 is 1. The third-order valence-corrected chi connectivity index (χ3v) is 2.63. The van der Waals surface area contributed by atoms with Crippen LogP contribution < -0.4 is 5.32 Å². The maximum Gasteiger partial charge on any atom is 0.0949 e. The number of aryl methyl sites for hydroxylation is 1. The molecule has 0 aliphatic heterocycles. The van der Waals surface area contributed by atoms with Crippen LogP contribution >= 0.6 is 0 Å². The van der Waals surface area contributed by atoms with Gasteiger partial charge in [0.2, 0.25) is 0 Å². The quantitative estimate of drug-likeness (QED) is 0.608. The predicted octanol–water partition coefficient (Wildman–Crippen LogP) is 1.44. The van der Waals surface area contributed by atoms with E-state index < -0.39 is 0 Å². The first-order valence-corrected chi connectivity index (χ1v) is 6.65. The van der Waals surface area contributed by atoms with E-state index in [4.69, 9.17) is 9.47 Å². The number of ether oxygens (including phenoxy) is 2. The molecule has 0 amide bonds. The van der Waals surface area contributed by atoms with Gasteiger partial charge in [-0.25, -0.2) is 4.98 Å². The molecular weight excluding hydrogens is 230 g/mol. The lowest BCUT2D eigenvalue weighted by Crippen LogP contribution is -2.11. The van der Waals surface area contributed by atoms with Gasteiger partial charge in [0.25, 0.3) is 0 Å². The smallest absolute Gasteiger partial charge is 0.0949 e. The number of imidazole rings is 1. The Morgan fingerprint density at radius 2 is 2.17 bits per heavy atom. The molecule has 1 aromatic rings. The van der Waals surface area contributed by atoms with Crippen LogP contribution in [0.25, 0.3) is 0 Å². The molecular formula is C13H25N3O2. The number of nitrogens with one attached hydrogen (secondary N) is 1. The molecule has 0 aliphatic rings. The van der Waals surface area contributed by atoms with Crippen LogP contribution in [0.3, 0.4) is 0 Å². The largest absolute Gasteiger partial charge is 0.382 e. The average molecular weight is 255 g/mol. The predicted molar refractivity (Wildman–Crippen MR) is 71.5 cm³/mol. The lowest BCUT2D eigenvalue weighted by atomic mass is 10.3. The summed E-state index contributed by atoms with van der Waals surface area (Å²) < 4.78 is 12.5. The summed E-state index contributed by atoms with van der Waals surface area (Å²) in [5, 5.41) is 3.27. The monoisotopic (exact) mass is 255 g/mol. The first-order chi connectivity index (χ1) is 8.86. The van der Waals surface area contributed by atoms with Crippen LogP contribution in [0.5, 0.6) is 0 Å². The summed E-state index contributed by atoms with van der Waals surface area (Å²) in [5.41, 5.74) is 1.10. The molecule has 0 aliphatic carbocycles. The molecule has 0 aromatic carbocycles. The molecule has 1 rings (SSSR count). The SMILES string of the molecule is CCNCc1cn(CCCCOCCOC)cn1. The van der Waals surface area contributed by atoms with Gasteiger partial charge in [0.05, 0.1) is 25.2 Å². The third-order valence-electron chi connectivity index (χ3n) is 2.63. The van der Waals surface area contributed by atoms with Gasteiger partial charge in [-0.2, -0.15) is 0 Å². The molecule has 0 atom stereocenters. The van der Waals surface area contributed by atoms with Crippen LogP contribution in [-0.2, 0) is 22.6 Å². The van der Waals surface area contributed by atoms with E-state index in [9.17, 15) is 0 Å². The third kappa shape index (κ3) is 6.74. The van der Waals surface area contributed by atoms with Gasteiger partial charge in [-0.05, 0) is 19.4 Å². The summed E-state index contributed by atoms with van der Waals surface area (Å²) in [5.74, 6) is 0. The number of hydrogen-bond acceptors (Lipinski definition) is 4. The molecule has 5 nitrogen and oxygen atoms in total. The maximum atomic E-state index is 5.41. The molecule has 0 spiro atoms. The summed E-state index contributed by atoms with van der Waals surface area (Å²) in [6.45, 7) is 7.11. The number of rotatable bonds is 11. The Kier molecular flexibility index (Phi) is 8.46.